The molecule has 1 aliphatic heterocycles. The molecule has 0 saturated carbocycles. The summed E-state index contributed by atoms with van der Waals surface area (Å²) in [6.07, 6.45) is 2.35. The average molecular weight is 201 g/mol. The van der Waals surface area contributed by atoms with Gasteiger partial charge in [-0.15, -0.1) is 0 Å². The number of hydrogen-bond donors (Lipinski definition) is 1. The summed E-state index contributed by atoms with van der Waals surface area (Å²) in [4.78, 5) is 0. The summed E-state index contributed by atoms with van der Waals surface area (Å²) < 4.78 is 0. The molecule has 0 saturated heterocycles. The highest BCUT2D eigenvalue weighted by atomic mass is 15.0. The summed E-state index contributed by atoms with van der Waals surface area (Å²) >= 11 is 0. The molecule has 1 nitrogen and oxygen atoms in total. The molecule has 0 bridgehead atoms. The van der Waals surface area contributed by atoms with Gasteiger partial charge in [0.15, 0.2) is 0 Å². The third-order valence-electron chi connectivity index (χ3n) is 3.47. The number of allylic oxidation sites excluding steroid dienone is 1. The molecule has 1 N–H and O–H groups in total. The number of anilines is 1. The van der Waals surface area contributed by atoms with E-state index in [0.29, 0.717) is 5.92 Å². The van der Waals surface area contributed by atoms with Gasteiger partial charge in [0.2, 0.25) is 0 Å². The van der Waals surface area contributed by atoms with Crippen LogP contribution in [0.5, 0.6) is 0 Å². The Morgan fingerprint density at radius 2 is 1.87 bits per heavy atom. The summed E-state index contributed by atoms with van der Waals surface area (Å²) in [5, 5.41) is 3.63. The molecule has 0 fully saturated rings. The molecule has 15 heavy (non-hydrogen) atoms. The lowest BCUT2D eigenvalue weighted by Gasteiger charge is -2.38. The normalized spacial score (nSPS) is 24.5. The molecule has 1 heteroatoms. The Morgan fingerprint density at radius 3 is 2.53 bits per heavy atom. The smallest absolute Gasteiger partial charge is 0.0556 e. The van der Waals surface area contributed by atoms with Crippen LogP contribution >= 0.6 is 0 Å². The summed E-state index contributed by atoms with van der Waals surface area (Å²) in [5.41, 5.74) is 4.04. The van der Waals surface area contributed by atoms with Crippen LogP contribution in [0.3, 0.4) is 0 Å². The molecule has 1 aromatic carbocycles. The van der Waals surface area contributed by atoms with Crippen molar-refractivity contribution in [2.24, 2.45) is 5.92 Å². The van der Waals surface area contributed by atoms with E-state index < -0.39 is 0 Å². The minimum atomic E-state index is 0.0818. The Bertz CT molecular complexity index is 404. The lowest BCUT2D eigenvalue weighted by Crippen LogP contribution is -2.40. The van der Waals surface area contributed by atoms with Gasteiger partial charge in [0, 0.05) is 11.3 Å². The van der Waals surface area contributed by atoms with Crippen molar-refractivity contribution in [3.8, 4) is 0 Å². The highest BCUT2D eigenvalue weighted by Gasteiger charge is 2.29. The zero-order valence-electron chi connectivity index (χ0n) is 9.96. The van der Waals surface area contributed by atoms with Crippen molar-refractivity contribution in [3.05, 3.63) is 35.9 Å². The zero-order valence-corrected chi connectivity index (χ0v) is 9.96. The first-order valence-corrected chi connectivity index (χ1v) is 5.60. The van der Waals surface area contributed by atoms with Gasteiger partial charge in [0.25, 0.3) is 0 Å². The molecule has 1 unspecified atom stereocenters. The highest BCUT2D eigenvalue weighted by Crippen LogP contribution is 2.36. The summed E-state index contributed by atoms with van der Waals surface area (Å²) in [6, 6.07) is 8.52. The Kier molecular flexibility index (Phi) is 2.34. The number of rotatable bonds is 1. The standard InChI is InChI=1S/C14H19N/c1-10(2)14(4)9-11(3)12-7-5-6-8-13(12)15-14/h5-10,15H,1-4H3. The van der Waals surface area contributed by atoms with Crippen molar-refractivity contribution >= 4 is 11.3 Å². The molecule has 1 heterocycles. The van der Waals surface area contributed by atoms with E-state index in [0.717, 1.165) is 0 Å². The molecule has 0 amide bonds. The van der Waals surface area contributed by atoms with E-state index in [9.17, 15) is 0 Å². The van der Waals surface area contributed by atoms with Gasteiger partial charge in [0.05, 0.1) is 5.54 Å². The number of fused-ring (bicyclic) bond motifs is 1. The zero-order chi connectivity index (χ0) is 11.1. The van der Waals surface area contributed by atoms with Crippen LogP contribution in [-0.2, 0) is 0 Å². The van der Waals surface area contributed by atoms with Gasteiger partial charge in [-0.3, -0.25) is 0 Å². The van der Waals surface area contributed by atoms with Crippen LogP contribution in [0.25, 0.3) is 5.57 Å². The maximum Gasteiger partial charge on any atom is 0.0556 e. The molecule has 0 aliphatic carbocycles. The van der Waals surface area contributed by atoms with E-state index in [1.165, 1.54) is 16.8 Å². The van der Waals surface area contributed by atoms with Crippen molar-refractivity contribution in [2.45, 2.75) is 33.2 Å². The molecular weight excluding hydrogens is 182 g/mol. The highest BCUT2D eigenvalue weighted by molar-refractivity contribution is 5.80. The van der Waals surface area contributed by atoms with E-state index in [4.69, 9.17) is 0 Å². The van der Waals surface area contributed by atoms with Crippen molar-refractivity contribution in [1.29, 1.82) is 0 Å². The SMILES string of the molecule is CC1=CC(C)(C(C)C)Nc2ccccc21. The molecule has 1 aromatic rings. The summed E-state index contributed by atoms with van der Waals surface area (Å²) in [5.74, 6) is 0.584. The predicted octanol–water partition coefficient (Wildman–Crippen LogP) is 3.93. The second-order valence-corrected chi connectivity index (χ2v) is 4.94. The van der Waals surface area contributed by atoms with Crippen LogP contribution in [-0.4, -0.2) is 5.54 Å². The summed E-state index contributed by atoms with van der Waals surface area (Å²) in [7, 11) is 0. The molecule has 80 valence electrons. The minimum absolute atomic E-state index is 0.0818. The average Bonchev–Trinajstić information content (AvgIpc) is 2.17. The largest absolute Gasteiger partial charge is 0.376 e. The first-order valence-electron chi connectivity index (χ1n) is 5.60. The van der Waals surface area contributed by atoms with Gasteiger partial charge < -0.3 is 5.32 Å². The number of para-hydroxylation sites is 1. The second kappa shape index (κ2) is 3.41. The van der Waals surface area contributed by atoms with E-state index in [1.807, 2.05) is 0 Å². The predicted molar refractivity (Wildman–Crippen MR) is 67.0 cm³/mol. The van der Waals surface area contributed by atoms with Gasteiger partial charge in [-0.25, -0.2) is 0 Å². The van der Waals surface area contributed by atoms with Crippen molar-refractivity contribution in [2.75, 3.05) is 5.32 Å². The van der Waals surface area contributed by atoms with Gasteiger partial charge in [0.1, 0.15) is 0 Å². The first-order chi connectivity index (χ1) is 7.03. The van der Waals surface area contributed by atoms with Gasteiger partial charge in [-0.2, -0.15) is 0 Å². The van der Waals surface area contributed by atoms with Crippen molar-refractivity contribution in [3.63, 3.8) is 0 Å². The third-order valence-corrected chi connectivity index (χ3v) is 3.47. The van der Waals surface area contributed by atoms with Gasteiger partial charge in [-0.05, 0) is 31.4 Å². The van der Waals surface area contributed by atoms with Crippen LogP contribution < -0.4 is 5.32 Å². The number of hydrogen-bond acceptors (Lipinski definition) is 1. The fraction of sp³-hybridized carbons (Fsp3) is 0.429. The molecule has 2 rings (SSSR count). The van der Waals surface area contributed by atoms with E-state index in [1.54, 1.807) is 0 Å². The maximum atomic E-state index is 3.63. The van der Waals surface area contributed by atoms with Crippen LogP contribution in [0.2, 0.25) is 0 Å². The van der Waals surface area contributed by atoms with Gasteiger partial charge in [-0.1, -0.05) is 38.1 Å². The van der Waals surface area contributed by atoms with E-state index >= 15 is 0 Å². The first kappa shape index (κ1) is 10.3. The van der Waals surface area contributed by atoms with Gasteiger partial charge >= 0.3 is 0 Å². The van der Waals surface area contributed by atoms with Crippen LogP contribution in [0, 0.1) is 5.92 Å². The Hall–Kier alpha value is -1.24. The van der Waals surface area contributed by atoms with E-state index in [-0.39, 0.29) is 5.54 Å². The molecule has 1 atom stereocenters. The Morgan fingerprint density at radius 1 is 1.20 bits per heavy atom. The lowest BCUT2D eigenvalue weighted by molar-refractivity contribution is 0.452. The topological polar surface area (TPSA) is 12.0 Å². The third kappa shape index (κ3) is 1.67. The van der Waals surface area contributed by atoms with Crippen molar-refractivity contribution in [1.82, 2.24) is 0 Å². The maximum absolute atomic E-state index is 3.63. The lowest BCUT2D eigenvalue weighted by atomic mass is 9.82. The van der Waals surface area contributed by atoms with Crippen molar-refractivity contribution < 1.29 is 0 Å². The van der Waals surface area contributed by atoms with E-state index in [2.05, 4.69) is 63.4 Å². The molecule has 1 aliphatic rings. The number of benzene rings is 1. The molecular formula is C14H19N. The Labute approximate surface area is 92.2 Å². The Balaban J connectivity index is 2.49. The van der Waals surface area contributed by atoms with Crippen LogP contribution in [0.4, 0.5) is 5.69 Å². The fourth-order valence-corrected chi connectivity index (χ4v) is 2.10. The number of nitrogens with one attached hydrogen (secondary N) is 1. The molecule has 0 spiro atoms. The molecule has 0 radical (unpaired) electrons. The monoisotopic (exact) mass is 201 g/mol. The molecule has 0 aromatic heterocycles. The van der Waals surface area contributed by atoms with Crippen LogP contribution in [0.15, 0.2) is 30.3 Å². The minimum Gasteiger partial charge on any atom is -0.376 e. The summed E-state index contributed by atoms with van der Waals surface area (Å²) in [6.45, 7) is 8.97. The van der Waals surface area contributed by atoms with Crippen LogP contribution in [0.1, 0.15) is 33.3 Å². The quantitative estimate of drug-likeness (QED) is 0.726. The fourth-order valence-electron chi connectivity index (χ4n) is 2.10. The second-order valence-electron chi connectivity index (χ2n) is 4.94.